The number of aliphatic carboxylic acids is 1. The highest BCUT2D eigenvalue weighted by atomic mass is 16.5. The summed E-state index contributed by atoms with van der Waals surface area (Å²) in [7, 11) is 1.59. The lowest BCUT2D eigenvalue weighted by Crippen LogP contribution is -2.35. The van der Waals surface area contributed by atoms with Crippen LogP contribution in [0, 0.1) is 5.41 Å². The van der Waals surface area contributed by atoms with E-state index in [1.54, 1.807) is 13.3 Å². The zero-order valence-corrected chi connectivity index (χ0v) is 12.3. The van der Waals surface area contributed by atoms with Gasteiger partial charge < -0.3 is 20.1 Å². The zero-order valence-electron chi connectivity index (χ0n) is 12.3. The third-order valence-corrected chi connectivity index (χ3v) is 4.25. The third-order valence-electron chi connectivity index (χ3n) is 4.25. The molecule has 3 N–H and O–H groups in total. The van der Waals surface area contributed by atoms with E-state index in [0.717, 1.165) is 16.5 Å². The standard InChI is InChI=1S/C16H18N2O4/c1-22-12-4-2-3-11-14(12)10(8-17-11)7-13(19)18-9-16(5-6-16)15(20)21/h2-4,8,17H,5-7,9H2,1H3,(H,18,19)(H,20,21). The highest BCUT2D eigenvalue weighted by Gasteiger charge is 2.50. The molecule has 0 aliphatic heterocycles. The minimum atomic E-state index is -0.832. The highest BCUT2D eigenvalue weighted by molar-refractivity contribution is 5.93. The number of ether oxygens (including phenoxy) is 1. The number of H-pyrrole nitrogens is 1. The van der Waals surface area contributed by atoms with E-state index < -0.39 is 11.4 Å². The molecule has 1 heterocycles. The van der Waals surface area contributed by atoms with Crippen molar-refractivity contribution >= 4 is 22.8 Å². The first kappa shape index (κ1) is 14.4. The van der Waals surface area contributed by atoms with Gasteiger partial charge in [0, 0.05) is 23.6 Å². The number of rotatable bonds is 6. The number of hydrogen-bond donors (Lipinski definition) is 3. The molecule has 1 amide bonds. The molecule has 6 nitrogen and oxygen atoms in total. The summed E-state index contributed by atoms with van der Waals surface area (Å²) in [6.45, 7) is 0.195. The molecule has 6 heteroatoms. The van der Waals surface area contributed by atoms with E-state index in [4.69, 9.17) is 9.84 Å². The van der Waals surface area contributed by atoms with Gasteiger partial charge >= 0.3 is 5.97 Å². The van der Waals surface area contributed by atoms with Gasteiger partial charge in [-0.05, 0) is 30.5 Å². The van der Waals surface area contributed by atoms with E-state index in [1.807, 2.05) is 18.2 Å². The van der Waals surface area contributed by atoms with Crippen LogP contribution in [0.3, 0.4) is 0 Å². The van der Waals surface area contributed by atoms with Gasteiger partial charge in [-0.2, -0.15) is 0 Å². The molecule has 1 aliphatic rings. The molecule has 1 saturated carbocycles. The predicted octanol–water partition coefficient (Wildman–Crippen LogP) is 1.70. The smallest absolute Gasteiger partial charge is 0.311 e. The normalized spacial score (nSPS) is 15.5. The fourth-order valence-electron chi connectivity index (χ4n) is 2.65. The van der Waals surface area contributed by atoms with Crippen molar-refractivity contribution in [3.8, 4) is 5.75 Å². The molecule has 0 radical (unpaired) electrons. The largest absolute Gasteiger partial charge is 0.496 e. The number of carbonyl (C=O) groups excluding carboxylic acids is 1. The molecular formula is C16H18N2O4. The second kappa shape index (κ2) is 5.36. The first-order valence-corrected chi connectivity index (χ1v) is 7.19. The number of aromatic nitrogens is 1. The van der Waals surface area contributed by atoms with Gasteiger partial charge in [-0.1, -0.05) is 6.07 Å². The number of carboxylic acids is 1. The minimum absolute atomic E-state index is 0.181. The van der Waals surface area contributed by atoms with E-state index in [9.17, 15) is 9.59 Å². The van der Waals surface area contributed by atoms with Crippen molar-refractivity contribution in [1.29, 1.82) is 0 Å². The van der Waals surface area contributed by atoms with Crippen LogP contribution in [0.15, 0.2) is 24.4 Å². The van der Waals surface area contributed by atoms with Gasteiger partial charge in [0.15, 0.2) is 0 Å². The molecule has 1 aromatic carbocycles. The Morgan fingerprint density at radius 3 is 2.82 bits per heavy atom. The molecule has 0 bridgehead atoms. The summed E-state index contributed by atoms with van der Waals surface area (Å²) < 4.78 is 5.33. The number of aromatic amines is 1. The molecule has 0 atom stereocenters. The SMILES string of the molecule is COc1cccc2[nH]cc(CC(=O)NCC3(C(=O)O)CC3)c12. The van der Waals surface area contributed by atoms with Crippen molar-refractivity contribution in [3.63, 3.8) is 0 Å². The van der Waals surface area contributed by atoms with Crippen molar-refractivity contribution in [2.24, 2.45) is 5.41 Å². The molecular weight excluding hydrogens is 284 g/mol. The van der Waals surface area contributed by atoms with Crippen LogP contribution in [0.1, 0.15) is 18.4 Å². The zero-order chi connectivity index (χ0) is 15.7. The van der Waals surface area contributed by atoms with Crippen molar-refractivity contribution < 1.29 is 19.4 Å². The van der Waals surface area contributed by atoms with Gasteiger partial charge in [0.25, 0.3) is 0 Å². The van der Waals surface area contributed by atoms with E-state index in [0.29, 0.717) is 18.6 Å². The van der Waals surface area contributed by atoms with Gasteiger partial charge in [-0.25, -0.2) is 0 Å². The molecule has 1 aromatic heterocycles. The van der Waals surface area contributed by atoms with E-state index in [-0.39, 0.29) is 18.9 Å². The molecule has 0 saturated heterocycles. The molecule has 3 rings (SSSR count). The number of hydrogen-bond acceptors (Lipinski definition) is 3. The summed E-state index contributed by atoms with van der Waals surface area (Å²) in [4.78, 5) is 26.3. The van der Waals surface area contributed by atoms with Crippen LogP contribution in [-0.4, -0.2) is 35.6 Å². The summed E-state index contributed by atoms with van der Waals surface area (Å²) >= 11 is 0. The first-order chi connectivity index (χ1) is 10.6. The Balaban J connectivity index is 1.71. The minimum Gasteiger partial charge on any atom is -0.496 e. The summed E-state index contributed by atoms with van der Waals surface area (Å²) in [5.41, 5.74) is 1.00. The maximum Gasteiger partial charge on any atom is 0.311 e. The average Bonchev–Trinajstić information content (AvgIpc) is 3.21. The molecule has 1 fully saturated rings. The average molecular weight is 302 g/mol. The number of methoxy groups -OCH3 is 1. The number of fused-ring (bicyclic) bond motifs is 1. The lowest BCUT2D eigenvalue weighted by Gasteiger charge is -2.11. The highest BCUT2D eigenvalue weighted by Crippen LogP contribution is 2.45. The molecule has 1 aliphatic carbocycles. The second-order valence-electron chi connectivity index (χ2n) is 5.74. The van der Waals surface area contributed by atoms with Gasteiger partial charge in [0.1, 0.15) is 5.75 Å². The number of amides is 1. The Kier molecular flexibility index (Phi) is 3.52. The predicted molar refractivity (Wildman–Crippen MR) is 80.9 cm³/mol. The van der Waals surface area contributed by atoms with Gasteiger partial charge in [-0.15, -0.1) is 0 Å². The van der Waals surface area contributed by atoms with Crippen molar-refractivity contribution in [2.45, 2.75) is 19.3 Å². The van der Waals surface area contributed by atoms with Gasteiger partial charge in [0.05, 0.1) is 18.9 Å². The van der Waals surface area contributed by atoms with E-state index in [2.05, 4.69) is 10.3 Å². The fraction of sp³-hybridized carbons (Fsp3) is 0.375. The summed E-state index contributed by atoms with van der Waals surface area (Å²) in [6.07, 6.45) is 3.24. The lowest BCUT2D eigenvalue weighted by molar-refractivity contribution is -0.143. The number of carbonyl (C=O) groups is 2. The van der Waals surface area contributed by atoms with Gasteiger partial charge in [0.2, 0.25) is 5.91 Å². The van der Waals surface area contributed by atoms with Crippen LogP contribution in [-0.2, 0) is 16.0 Å². The Morgan fingerprint density at radius 1 is 1.41 bits per heavy atom. The first-order valence-electron chi connectivity index (χ1n) is 7.19. The summed E-state index contributed by atoms with van der Waals surface area (Å²) in [5.74, 6) is -0.299. The van der Waals surface area contributed by atoms with E-state index in [1.165, 1.54) is 0 Å². The van der Waals surface area contributed by atoms with Crippen LogP contribution in [0.2, 0.25) is 0 Å². The second-order valence-corrected chi connectivity index (χ2v) is 5.74. The monoisotopic (exact) mass is 302 g/mol. The van der Waals surface area contributed by atoms with Crippen molar-refractivity contribution in [1.82, 2.24) is 10.3 Å². The summed E-state index contributed by atoms with van der Waals surface area (Å²) in [6, 6.07) is 5.65. The van der Waals surface area contributed by atoms with Gasteiger partial charge in [-0.3, -0.25) is 9.59 Å². The molecule has 22 heavy (non-hydrogen) atoms. The lowest BCUT2D eigenvalue weighted by atomic mass is 10.1. The van der Waals surface area contributed by atoms with Crippen LogP contribution < -0.4 is 10.1 Å². The Hall–Kier alpha value is -2.50. The Bertz CT molecular complexity index is 731. The quantitative estimate of drug-likeness (QED) is 0.757. The van der Waals surface area contributed by atoms with Crippen molar-refractivity contribution in [2.75, 3.05) is 13.7 Å². The van der Waals surface area contributed by atoms with E-state index >= 15 is 0 Å². The molecule has 2 aromatic rings. The summed E-state index contributed by atoms with van der Waals surface area (Å²) in [5, 5.41) is 12.7. The van der Waals surface area contributed by atoms with Crippen molar-refractivity contribution in [3.05, 3.63) is 30.0 Å². The fourth-order valence-corrected chi connectivity index (χ4v) is 2.65. The van der Waals surface area contributed by atoms with Crippen LogP contribution >= 0.6 is 0 Å². The maximum atomic E-state index is 12.1. The number of nitrogens with one attached hydrogen (secondary N) is 2. The molecule has 0 unspecified atom stereocenters. The maximum absolute atomic E-state index is 12.1. The molecule has 0 spiro atoms. The Labute approximate surface area is 127 Å². The topological polar surface area (TPSA) is 91.4 Å². The third kappa shape index (κ3) is 2.52. The Morgan fingerprint density at radius 2 is 2.18 bits per heavy atom. The van der Waals surface area contributed by atoms with Crippen LogP contribution in [0.25, 0.3) is 10.9 Å². The van der Waals surface area contributed by atoms with Crippen LogP contribution in [0.5, 0.6) is 5.75 Å². The number of carboxylic acid groups (broad SMARTS) is 1. The van der Waals surface area contributed by atoms with Crippen LogP contribution in [0.4, 0.5) is 0 Å². The molecule has 116 valence electrons. The number of benzene rings is 1.